The number of benzene rings is 1. The molecule has 0 aliphatic heterocycles. The van der Waals surface area contributed by atoms with E-state index in [1.807, 2.05) is 31.4 Å². The number of aromatic amines is 1. The van der Waals surface area contributed by atoms with Crippen molar-refractivity contribution in [2.24, 2.45) is 7.05 Å². The predicted octanol–water partition coefficient (Wildman–Crippen LogP) is 3.01. The number of hydrogen-bond acceptors (Lipinski definition) is 3. The maximum absolute atomic E-state index is 12.0. The highest BCUT2D eigenvalue weighted by Gasteiger charge is 2.22. The zero-order chi connectivity index (χ0) is 14.3. The number of methoxy groups -OCH3 is 1. The van der Waals surface area contributed by atoms with E-state index in [-0.39, 0.29) is 0 Å². The van der Waals surface area contributed by atoms with Crippen LogP contribution in [0.2, 0.25) is 5.02 Å². The Morgan fingerprint density at radius 1 is 1.40 bits per heavy atom. The molecule has 3 aromatic rings. The summed E-state index contributed by atoms with van der Waals surface area (Å²) in [4.78, 5) is 15.0. The molecule has 2 heterocycles. The van der Waals surface area contributed by atoms with Gasteiger partial charge in [0.25, 0.3) is 0 Å². The third-order valence-electron chi connectivity index (χ3n) is 3.14. The van der Waals surface area contributed by atoms with Crippen molar-refractivity contribution < 1.29 is 9.53 Å². The lowest BCUT2D eigenvalue weighted by Gasteiger charge is -2.00. The van der Waals surface area contributed by atoms with E-state index in [0.717, 1.165) is 5.39 Å². The SMILES string of the molecule is COC(=O)c1[nH]c2c(Cl)cccc2c1-c1ccn(C)n1. The first-order chi connectivity index (χ1) is 9.61. The molecule has 1 N–H and O–H groups in total. The van der Waals surface area contributed by atoms with Crippen LogP contribution in [-0.4, -0.2) is 27.8 Å². The second kappa shape index (κ2) is 4.68. The molecule has 0 bridgehead atoms. The highest BCUT2D eigenvalue weighted by atomic mass is 35.5. The van der Waals surface area contributed by atoms with Crippen molar-refractivity contribution in [1.29, 1.82) is 0 Å². The summed E-state index contributed by atoms with van der Waals surface area (Å²) in [7, 11) is 3.17. The molecule has 6 heteroatoms. The smallest absolute Gasteiger partial charge is 0.355 e. The van der Waals surface area contributed by atoms with E-state index in [2.05, 4.69) is 10.1 Å². The monoisotopic (exact) mass is 289 g/mol. The molecule has 0 aliphatic rings. The van der Waals surface area contributed by atoms with Gasteiger partial charge in [-0.1, -0.05) is 23.7 Å². The van der Waals surface area contributed by atoms with Crippen molar-refractivity contribution in [3.05, 3.63) is 41.2 Å². The van der Waals surface area contributed by atoms with E-state index in [1.165, 1.54) is 7.11 Å². The Morgan fingerprint density at radius 3 is 2.85 bits per heavy atom. The lowest BCUT2D eigenvalue weighted by Crippen LogP contribution is -2.03. The Hall–Kier alpha value is -2.27. The molecule has 0 unspecified atom stereocenters. The Morgan fingerprint density at radius 2 is 2.20 bits per heavy atom. The summed E-state index contributed by atoms with van der Waals surface area (Å²) < 4.78 is 6.51. The summed E-state index contributed by atoms with van der Waals surface area (Å²) >= 11 is 6.17. The average molecular weight is 290 g/mol. The third-order valence-corrected chi connectivity index (χ3v) is 3.46. The first-order valence-corrected chi connectivity index (χ1v) is 6.38. The number of esters is 1. The van der Waals surface area contributed by atoms with Crippen molar-refractivity contribution in [3.8, 4) is 11.3 Å². The molecule has 0 amide bonds. The second-order valence-electron chi connectivity index (χ2n) is 4.40. The van der Waals surface area contributed by atoms with Gasteiger partial charge in [-0.25, -0.2) is 4.79 Å². The van der Waals surface area contributed by atoms with Gasteiger partial charge >= 0.3 is 5.97 Å². The molecule has 0 saturated carbocycles. The number of H-pyrrole nitrogens is 1. The molecule has 0 radical (unpaired) electrons. The number of hydrogen-bond donors (Lipinski definition) is 1. The van der Waals surface area contributed by atoms with Gasteiger partial charge in [0.05, 0.1) is 23.3 Å². The van der Waals surface area contributed by atoms with Gasteiger partial charge in [0.1, 0.15) is 5.69 Å². The molecule has 2 aromatic heterocycles. The molecule has 5 nitrogen and oxygen atoms in total. The number of carbonyl (C=O) groups is 1. The molecule has 20 heavy (non-hydrogen) atoms. The van der Waals surface area contributed by atoms with Crippen LogP contribution in [0.3, 0.4) is 0 Å². The number of aromatic nitrogens is 3. The zero-order valence-corrected chi connectivity index (χ0v) is 11.7. The first kappa shape index (κ1) is 12.7. The fourth-order valence-corrected chi connectivity index (χ4v) is 2.47. The van der Waals surface area contributed by atoms with Crippen LogP contribution in [0.25, 0.3) is 22.2 Å². The fourth-order valence-electron chi connectivity index (χ4n) is 2.25. The van der Waals surface area contributed by atoms with E-state index in [9.17, 15) is 4.79 Å². The van der Waals surface area contributed by atoms with Gasteiger partial charge in [-0.15, -0.1) is 0 Å². The van der Waals surface area contributed by atoms with E-state index in [4.69, 9.17) is 16.3 Å². The summed E-state index contributed by atoms with van der Waals surface area (Å²) in [6.45, 7) is 0. The van der Waals surface area contributed by atoms with Gasteiger partial charge in [-0.2, -0.15) is 5.10 Å². The van der Waals surface area contributed by atoms with Crippen molar-refractivity contribution in [2.45, 2.75) is 0 Å². The Labute approximate surface area is 120 Å². The van der Waals surface area contributed by atoms with Crippen LogP contribution in [-0.2, 0) is 11.8 Å². The van der Waals surface area contributed by atoms with Crippen molar-refractivity contribution in [3.63, 3.8) is 0 Å². The molecule has 0 aliphatic carbocycles. The number of fused-ring (bicyclic) bond motifs is 1. The zero-order valence-electron chi connectivity index (χ0n) is 11.0. The summed E-state index contributed by atoms with van der Waals surface area (Å²) in [5.74, 6) is -0.446. The summed E-state index contributed by atoms with van der Waals surface area (Å²) in [6.07, 6.45) is 1.82. The molecule has 3 rings (SSSR count). The minimum atomic E-state index is -0.446. The Bertz CT molecular complexity index is 804. The first-order valence-electron chi connectivity index (χ1n) is 6.00. The predicted molar refractivity (Wildman–Crippen MR) is 76.9 cm³/mol. The van der Waals surface area contributed by atoms with Gasteiger partial charge in [0.2, 0.25) is 0 Å². The van der Waals surface area contributed by atoms with Crippen LogP contribution in [0.4, 0.5) is 0 Å². The van der Waals surface area contributed by atoms with Crippen LogP contribution in [0.5, 0.6) is 0 Å². The fraction of sp³-hybridized carbons (Fsp3) is 0.143. The number of rotatable bonds is 2. The average Bonchev–Trinajstić information content (AvgIpc) is 3.02. The van der Waals surface area contributed by atoms with Gasteiger partial charge in [-0.05, 0) is 12.1 Å². The molecule has 0 fully saturated rings. The van der Waals surface area contributed by atoms with Gasteiger partial charge < -0.3 is 9.72 Å². The second-order valence-corrected chi connectivity index (χ2v) is 4.81. The number of nitrogens with one attached hydrogen (secondary N) is 1. The van der Waals surface area contributed by atoms with Crippen LogP contribution in [0.1, 0.15) is 10.5 Å². The minimum Gasteiger partial charge on any atom is -0.464 e. The quantitative estimate of drug-likeness (QED) is 0.738. The molecular weight excluding hydrogens is 278 g/mol. The summed E-state index contributed by atoms with van der Waals surface area (Å²) in [5.41, 5.74) is 2.46. The number of carbonyl (C=O) groups excluding carboxylic acids is 1. The van der Waals surface area contributed by atoms with Crippen molar-refractivity contribution in [2.75, 3.05) is 7.11 Å². The lowest BCUT2D eigenvalue weighted by molar-refractivity contribution is 0.0596. The maximum atomic E-state index is 12.0. The van der Waals surface area contributed by atoms with Gasteiger partial charge in [-0.3, -0.25) is 4.68 Å². The molecule has 1 aromatic carbocycles. The van der Waals surface area contributed by atoms with Crippen LogP contribution in [0, 0.1) is 0 Å². The maximum Gasteiger partial charge on any atom is 0.355 e. The van der Waals surface area contributed by atoms with E-state index in [0.29, 0.717) is 27.5 Å². The Balaban J connectivity index is 2.37. The highest BCUT2D eigenvalue weighted by molar-refractivity contribution is 6.35. The van der Waals surface area contributed by atoms with E-state index < -0.39 is 5.97 Å². The van der Waals surface area contributed by atoms with Crippen LogP contribution >= 0.6 is 11.6 Å². The van der Waals surface area contributed by atoms with Gasteiger partial charge in [0.15, 0.2) is 0 Å². The standard InChI is InChI=1S/C14H12ClN3O2/c1-18-7-6-10(17-18)11-8-4-3-5-9(15)12(8)16-13(11)14(19)20-2/h3-7,16H,1-2H3. The van der Waals surface area contributed by atoms with Crippen LogP contribution < -0.4 is 0 Å². The Kier molecular flexibility index (Phi) is 2.99. The molecule has 0 atom stereocenters. The molecule has 102 valence electrons. The minimum absolute atomic E-state index is 0.356. The number of para-hydroxylation sites is 1. The number of aryl methyl sites for hydroxylation is 1. The lowest BCUT2D eigenvalue weighted by atomic mass is 10.1. The largest absolute Gasteiger partial charge is 0.464 e. The third kappa shape index (κ3) is 1.87. The number of nitrogens with zero attached hydrogens (tertiary/aromatic N) is 2. The normalized spacial score (nSPS) is 10.9. The van der Waals surface area contributed by atoms with E-state index in [1.54, 1.807) is 10.7 Å². The van der Waals surface area contributed by atoms with Crippen molar-refractivity contribution >= 4 is 28.5 Å². The molecular formula is C14H12ClN3O2. The van der Waals surface area contributed by atoms with Crippen LogP contribution in [0.15, 0.2) is 30.5 Å². The van der Waals surface area contributed by atoms with Crippen molar-refractivity contribution in [1.82, 2.24) is 14.8 Å². The van der Waals surface area contributed by atoms with E-state index >= 15 is 0 Å². The molecule has 0 spiro atoms. The topological polar surface area (TPSA) is 59.9 Å². The molecule has 0 saturated heterocycles. The van der Waals surface area contributed by atoms with Gasteiger partial charge in [0, 0.05) is 24.2 Å². The highest BCUT2D eigenvalue weighted by Crippen LogP contribution is 2.34. The summed E-state index contributed by atoms with van der Waals surface area (Å²) in [5, 5.41) is 5.75. The number of ether oxygens (including phenoxy) is 1. The number of halogens is 1. The summed E-state index contributed by atoms with van der Waals surface area (Å²) in [6, 6.07) is 7.35.